The number of nitrogens with one attached hydrogen (secondary N) is 1. The fourth-order valence-electron chi connectivity index (χ4n) is 4.33. The number of anilines is 1. The standard InChI is InChI=1S/C23H33N5OS.2ClH/c1-5-10-27-11-12-28(15-18(27)8-13-29-4)21-19-17(7-6-9-24-19)14-25-23-20(21)26-22(30-23)16(2)3;;/h6-7,9,14,16,18,25H,5,8,10-13,15H2,1-4H3;2*1H. The molecule has 0 aromatic carbocycles. The summed E-state index contributed by atoms with van der Waals surface area (Å²) in [5, 5.41) is 7.95. The monoisotopic (exact) mass is 499 g/mol. The molecule has 2 aromatic rings. The Hall–Kier alpha value is -1.38. The lowest BCUT2D eigenvalue weighted by atomic mass is 10.1. The molecule has 1 atom stereocenters. The topological polar surface area (TPSA) is 53.5 Å². The molecule has 0 radical (unpaired) electrons. The molecule has 9 heteroatoms. The number of halogens is 2. The predicted octanol–water partition coefficient (Wildman–Crippen LogP) is 3.26. The summed E-state index contributed by atoms with van der Waals surface area (Å²) in [7, 11) is 1.79. The van der Waals surface area contributed by atoms with Gasteiger partial charge in [0.05, 0.1) is 16.1 Å². The molecule has 0 spiro atoms. The number of thiazole rings is 1. The molecule has 1 unspecified atom stereocenters. The molecular weight excluding hydrogens is 465 g/mol. The first-order valence-electron chi connectivity index (χ1n) is 11.0. The molecule has 4 heterocycles. The van der Waals surface area contributed by atoms with E-state index in [1.54, 1.807) is 18.4 Å². The van der Waals surface area contributed by atoms with E-state index in [1.165, 1.54) is 17.1 Å². The van der Waals surface area contributed by atoms with Crippen molar-refractivity contribution in [2.24, 2.45) is 0 Å². The van der Waals surface area contributed by atoms with E-state index in [-0.39, 0.29) is 24.8 Å². The van der Waals surface area contributed by atoms with Crippen LogP contribution in [0.1, 0.15) is 50.2 Å². The number of hydrogen-bond donors (Lipinski definition) is 1. The number of nitrogens with zero attached hydrogens (tertiary/aromatic N) is 4. The maximum absolute atomic E-state index is 5.42. The van der Waals surface area contributed by atoms with Gasteiger partial charge in [0.15, 0.2) is 0 Å². The van der Waals surface area contributed by atoms with Crippen LogP contribution < -0.4 is 15.9 Å². The van der Waals surface area contributed by atoms with Crippen molar-refractivity contribution in [1.29, 1.82) is 0 Å². The molecular formula is C23H35Cl2N5OS. The molecule has 1 N–H and O–H groups in total. The summed E-state index contributed by atoms with van der Waals surface area (Å²) in [5.41, 5.74) is 2.22. The molecule has 0 amide bonds. The lowest BCUT2D eigenvalue weighted by Gasteiger charge is -2.43. The molecule has 4 rings (SSSR count). The fraction of sp³-hybridized carbons (Fsp3) is 0.565. The molecule has 178 valence electrons. The Morgan fingerprint density at radius 2 is 2.09 bits per heavy atom. The van der Waals surface area contributed by atoms with Crippen LogP contribution in [-0.4, -0.2) is 65.7 Å². The van der Waals surface area contributed by atoms with E-state index in [0.717, 1.165) is 60.5 Å². The van der Waals surface area contributed by atoms with E-state index < -0.39 is 0 Å². The minimum atomic E-state index is 0. The number of fused-ring (bicyclic) bond motifs is 2. The Morgan fingerprint density at radius 1 is 1.28 bits per heavy atom. The normalized spacial score (nSPS) is 18.0. The minimum Gasteiger partial charge on any atom is -0.385 e. The zero-order valence-electron chi connectivity index (χ0n) is 19.3. The van der Waals surface area contributed by atoms with E-state index in [0.29, 0.717) is 12.0 Å². The Morgan fingerprint density at radius 3 is 2.81 bits per heavy atom. The van der Waals surface area contributed by atoms with Crippen LogP contribution >= 0.6 is 36.2 Å². The highest BCUT2D eigenvalue weighted by Gasteiger charge is 2.31. The molecule has 2 aromatic heterocycles. The first-order chi connectivity index (χ1) is 14.6. The number of ether oxygens (including phenoxy) is 1. The van der Waals surface area contributed by atoms with E-state index in [2.05, 4.69) is 48.2 Å². The minimum absolute atomic E-state index is 0. The number of rotatable bonds is 7. The van der Waals surface area contributed by atoms with Crippen LogP contribution in [0.15, 0.2) is 18.3 Å². The maximum atomic E-state index is 5.42. The van der Waals surface area contributed by atoms with Gasteiger partial charge in [-0.25, -0.2) is 4.98 Å². The van der Waals surface area contributed by atoms with Gasteiger partial charge in [-0.2, -0.15) is 0 Å². The number of pyridine rings is 1. The van der Waals surface area contributed by atoms with Crippen molar-refractivity contribution in [3.8, 4) is 0 Å². The maximum Gasteiger partial charge on any atom is 0.124 e. The van der Waals surface area contributed by atoms with Crippen LogP contribution in [0.3, 0.4) is 0 Å². The summed E-state index contributed by atoms with van der Waals surface area (Å²) in [6.45, 7) is 11.6. The summed E-state index contributed by atoms with van der Waals surface area (Å²) in [5.74, 6) is 0.407. The van der Waals surface area contributed by atoms with Gasteiger partial charge in [0.2, 0.25) is 0 Å². The second-order valence-electron chi connectivity index (χ2n) is 8.38. The first kappa shape index (κ1) is 26.9. The summed E-state index contributed by atoms with van der Waals surface area (Å²) in [4.78, 5) is 15.0. The lowest BCUT2D eigenvalue weighted by Crippen LogP contribution is -2.54. The molecule has 1 fully saturated rings. The van der Waals surface area contributed by atoms with Gasteiger partial charge < -0.3 is 15.0 Å². The van der Waals surface area contributed by atoms with Gasteiger partial charge in [-0.1, -0.05) is 20.8 Å². The first-order valence-corrected chi connectivity index (χ1v) is 11.8. The van der Waals surface area contributed by atoms with Crippen LogP contribution in [0, 0.1) is 0 Å². The Kier molecular flexibility index (Phi) is 10.2. The molecule has 1 saturated heterocycles. The second-order valence-corrected chi connectivity index (χ2v) is 9.41. The van der Waals surface area contributed by atoms with Crippen molar-refractivity contribution < 1.29 is 4.74 Å². The molecule has 32 heavy (non-hydrogen) atoms. The highest BCUT2D eigenvalue weighted by atomic mass is 35.5. The molecule has 0 aliphatic carbocycles. The third kappa shape index (κ3) is 5.57. The smallest absolute Gasteiger partial charge is 0.124 e. The SMILES string of the molecule is CCCN1CCN(C2=c3ncccc3=CNc3sc(C(C)C)nc32)CC1CCOC.Cl.Cl. The third-order valence-electron chi connectivity index (χ3n) is 5.87. The summed E-state index contributed by atoms with van der Waals surface area (Å²) in [6, 6.07) is 4.61. The zero-order valence-corrected chi connectivity index (χ0v) is 21.8. The molecule has 2 aliphatic heterocycles. The Labute approximate surface area is 207 Å². The molecule has 0 bridgehead atoms. The van der Waals surface area contributed by atoms with Crippen LogP contribution in [-0.2, 0) is 4.74 Å². The van der Waals surface area contributed by atoms with Crippen LogP contribution in [0.2, 0.25) is 0 Å². The van der Waals surface area contributed by atoms with Gasteiger partial charge in [0.1, 0.15) is 10.7 Å². The largest absolute Gasteiger partial charge is 0.385 e. The van der Waals surface area contributed by atoms with Crippen molar-refractivity contribution in [3.63, 3.8) is 0 Å². The van der Waals surface area contributed by atoms with Crippen LogP contribution in [0.5, 0.6) is 0 Å². The van der Waals surface area contributed by atoms with Crippen molar-refractivity contribution in [2.45, 2.75) is 45.6 Å². The van der Waals surface area contributed by atoms with Gasteiger partial charge in [0.25, 0.3) is 0 Å². The van der Waals surface area contributed by atoms with E-state index in [9.17, 15) is 0 Å². The molecule has 0 saturated carbocycles. The second kappa shape index (κ2) is 12.2. The number of hydrogen-bond acceptors (Lipinski definition) is 7. The molecule has 6 nitrogen and oxygen atoms in total. The lowest BCUT2D eigenvalue weighted by molar-refractivity contribution is 0.0765. The third-order valence-corrected chi connectivity index (χ3v) is 7.16. The molecule has 2 aliphatic rings. The number of methoxy groups -OCH3 is 1. The van der Waals surface area contributed by atoms with Crippen molar-refractivity contribution in [3.05, 3.63) is 39.6 Å². The highest BCUT2D eigenvalue weighted by Crippen LogP contribution is 2.35. The van der Waals surface area contributed by atoms with Crippen LogP contribution in [0.4, 0.5) is 5.00 Å². The van der Waals surface area contributed by atoms with E-state index in [4.69, 9.17) is 14.7 Å². The quantitative estimate of drug-likeness (QED) is 0.630. The number of piperazine rings is 1. The van der Waals surface area contributed by atoms with Gasteiger partial charge >= 0.3 is 0 Å². The van der Waals surface area contributed by atoms with Crippen molar-refractivity contribution in [1.82, 2.24) is 19.8 Å². The zero-order chi connectivity index (χ0) is 21.1. The van der Waals surface area contributed by atoms with Crippen LogP contribution in [0.25, 0.3) is 11.9 Å². The summed E-state index contributed by atoms with van der Waals surface area (Å²) >= 11 is 1.76. The van der Waals surface area contributed by atoms with Crippen molar-refractivity contribution >= 4 is 53.0 Å². The van der Waals surface area contributed by atoms with Gasteiger partial charge in [-0.05, 0) is 31.5 Å². The highest BCUT2D eigenvalue weighted by molar-refractivity contribution is 7.16. The fourth-order valence-corrected chi connectivity index (χ4v) is 5.27. The summed E-state index contributed by atoms with van der Waals surface area (Å²) < 4.78 is 5.42. The van der Waals surface area contributed by atoms with Gasteiger partial charge in [0, 0.05) is 62.9 Å². The Balaban J connectivity index is 0.00000181. The van der Waals surface area contributed by atoms with E-state index >= 15 is 0 Å². The predicted molar refractivity (Wildman–Crippen MR) is 139 cm³/mol. The summed E-state index contributed by atoms with van der Waals surface area (Å²) in [6.07, 6.45) is 6.19. The Bertz CT molecular complexity index is 997. The number of aromatic nitrogens is 2. The van der Waals surface area contributed by atoms with Crippen molar-refractivity contribution in [2.75, 3.05) is 45.2 Å². The van der Waals surface area contributed by atoms with Gasteiger partial charge in [-0.15, -0.1) is 36.2 Å². The average Bonchev–Trinajstić information content (AvgIpc) is 3.11. The van der Waals surface area contributed by atoms with E-state index in [1.807, 2.05) is 12.3 Å². The van der Waals surface area contributed by atoms with Gasteiger partial charge in [-0.3, -0.25) is 9.88 Å². The average molecular weight is 501 g/mol.